The van der Waals surface area contributed by atoms with Gasteiger partial charge in [0, 0.05) is 0 Å². The van der Waals surface area contributed by atoms with Crippen molar-refractivity contribution >= 4 is 24.1 Å². The summed E-state index contributed by atoms with van der Waals surface area (Å²) in [5.74, 6) is 0. The second-order valence-corrected chi connectivity index (χ2v) is 8.25. The van der Waals surface area contributed by atoms with Crippen molar-refractivity contribution in [2.45, 2.75) is 0 Å². The van der Waals surface area contributed by atoms with Gasteiger partial charge in [-0.2, -0.15) is 0 Å². The summed E-state index contributed by atoms with van der Waals surface area (Å²) in [6.07, 6.45) is 0. The summed E-state index contributed by atoms with van der Waals surface area (Å²) in [6.45, 7) is 0. The van der Waals surface area contributed by atoms with Crippen LogP contribution in [0, 0.1) is 0 Å². The molecule has 0 aromatic rings. The molecular weight excluding hydrogens is 257 g/mol. The van der Waals surface area contributed by atoms with Crippen LogP contribution in [-0.2, 0) is 0 Å². The standard InChI is InChI=1S/CH11N4O6P3/c1-2-4-13(8,9)3-12(7)5(6)14(4,10)11/h2,6-11,14H,1H3. The first kappa shape index (κ1) is 12.8. The number of hydrogen-bond acceptors (Lipinski definition) is 8. The zero-order valence-corrected chi connectivity index (χ0v) is 9.71. The number of nitrogens with one attached hydrogen (secondary N) is 1. The first-order valence-electron chi connectivity index (χ1n) is 3.22. The van der Waals surface area contributed by atoms with Crippen LogP contribution in [0.4, 0.5) is 0 Å². The van der Waals surface area contributed by atoms with Crippen LogP contribution in [0.3, 0.4) is 0 Å². The van der Waals surface area contributed by atoms with Crippen LogP contribution in [-0.4, -0.2) is 45.9 Å². The third-order valence-corrected chi connectivity index (χ3v) is 8.36. The van der Waals surface area contributed by atoms with E-state index in [1.54, 1.807) is 0 Å². The maximum atomic E-state index is 9.35. The molecule has 14 heavy (non-hydrogen) atoms. The Hall–Kier alpha value is 0.730. The van der Waals surface area contributed by atoms with Crippen LogP contribution < -0.4 is 5.43 Å². The summed E-state index contributed by atoms with van der Waals surface area (Å²) in [4.78, 5) is 46.2. The molecule has 0 fully saturated rings. The van der Waals surface area contributed by atoms with E-state index in [-0.39, 0.29) is 9.15 Å². The Balaban J connectivity index is 3.20. The topological polar surface area (TPSA) is 152 Å². The molecule has 0 radical (unpaired) electrons. The average molecular weight is 268 g/mol. The fourth-order valence-electron chi connectivity index (χ4n) is 0.854. The molecule has 0 amide bonds. The van der Waals surface area contributed by atoms with Crippen LogP contribution in [0.25, 0.3) is 0 Å². The van der Waals surface area contributed by atoms with Crippen LogP contribution in [0.2, 0.25) is 0 Å². The minimum atomic E-state index is -4.68. The van der Waals surface area contributed by atoms with E-state index in [0.29, 0.717) is 0 Å². The van der Waals surface area contributed by atoms with Gasteiger partial charge in [0.05, 0.1) is 0 Å². The second kappa shape index (κ2) is 3.95. The first-order valence-corrected chi connectivity index (χ1v) is 7.81. The van der Waals surface area contributed by atoms with Crippen molar-refractivity contribution in [3.63, 3.8) is 0 Å². The predicted molar refractivity (Wildman–Crippen MR) is 50.2 cm³/mol. The van der Waals surface area contributed by atoms with Gasteiger partial charge in [0.1, 0.15) is 0 Å². The van der Waals surface area contributed by atoms with Crippen molar-refractivity contribution in [2.24, 2.45) is 4.52 Å². The van der Waals surface area contributed by atoms with E-state index in [2.05, 4.69) is 9.94 Å². The van der Waals surface area contributed by atoms with Gasteiger partial charge in [-0.15, -0.1) is 0 Å². The summed E-state index contributed by atoms with van der Waals surface area (Å²) in [5, 5.41) is 9.03. The van der Waals surface area contributed by atoms with Gasteiger partial charge in [-0.05, 0) is 0 Å². The summed E-state index contributed by atoms with van der Waals surface area (Å²) >= 11 is 0. The Morgan fingerprint density at radius 3 is 2.36 bits per heavy atom. The minimum absolute atomic E-state index is 0.163. The van der Waals surface area contributed by atoms with Gasteiger partial charge in [-0.3, -0.25) is 0 Å². The average Bonchev–Trinajstić information content (AvgIpc) is 1.99. The molecule has 0 saturated carbocycles. The monoisotopic (exact) mass is 268 g/mol. The molecule has 0 spiro atoms. The molecular formula is CH11N4O6P3. The SMILES string of the molecule is CNN1P(O)(O)=NP(O)N(O)[PH]1(O)O. The summed E-state index contributed by atoms with van der Waals surface area (Å²) in [5.41, 5.74) is 2.08. The Morgan fingerprint density at radius 2 is 1.93 bits per heavy atom. The number of nitrogens with zero attached hydrogens (tertiary/aromatic N) is 3. The number of rotatable bonds is 1. The van der Waals surface area contributed by atoms with Gasteiger partial charge >= 0.3 is 79.9 Å². The van der Waals surface area contributed by atoms with E-state index in [1.165, 1.54) is 7.05 Å². The molecule has 1 heterocycles. The molecule has 1 unspecified atom stereocenters. The van der Waals surface area contributed by atoms with E-state index >= 15 is 0 Å². The molecule has 7 N–H and O–H groups in total. The van der Waals surface area contributed by atoms with Crippen LogP contribution in [0.1, 0.15) is 0 Å². The Bertz CT molecular complexity index is 276. The first-order chi connectivity index (χ1) is 6.23. The molecule has 86 valence electrons. The number of hydrazine groups is 1. The Labute approximate surface area is 80.8 Å². The maximum absolute atomic E-state index is 9.35. The normalized spacial score (nSPS) is 34.9. The zero-order valence-electron chi connectivity index (χ0n) is 6.92. The van der Waals surface area contributed by atoms with Crippen molar-refractivity contribution in [2.75, 3.05) is 7.05 Å². The van der Waals surface area contributed by atoms with E-state index in [4.69, 9.17) is 10.1 Å². The summed E-state index contributed by atoms with van der Waals surface area (Å²) in [7, 11) is -10.4. The predicted octanol–water partition coefficient (Wildman–Crippen LogP) is -1.33. The summed E-state index contributed by atoms with van der Waals surface area (Å²) in [6, 6.07) is 0. The van der Waals surface area contributed by atoms with Gasteiger partial charge in [-0.1, -0.05) is 0 Å². The summed E-state index contributed by atoms with van der Waals surface area (Å²) < 4.78 is 3.14. The van der Waals surface area contributed by atoms with Gasteiger partial charge in [0.15, 0.2) is 0 Å². The second-order valence-electron chi connectivity index (χ2n) is 2.32. The molecule has 1 rings (SSSR count). The third kappa shape index (κ3) is 1.98. The molecule has 13 heteroatoms. The van der Waals surface area contributed by atoms with Crippen LogP contribution in [0.15, 0.2) is 4.52 Å². The third-order valence-electron chi connectivity index (χ3n) is 1.40. The molecule has 0 bridgehead atoms. The molecule has 1 aliphatic rings. The van der Waals surface area contributed by atoms with Crippen molar-refractivity contribution in [3.8, 4) is 0 Å². The van der Waals surface area contributed by atoms with Crippen LogP contribution >= 0.6 is 24.1 Å². The Morgan fingerprint density at radius 1 is 1.43 bits per heavy atom. The fraction of sp³-hybridized carbons (Fsp3) is 1.00. The van der Waals surface area contributed by atoms with Gasteiger partial charge < -0.3 is 0 Å². The molecule has 1 aliphatic heterocycles. The number of hydrogen-bond donors (Lipinski definition) is 7. The van der Waals surface area contributed by atoms with E-state index in [1.807, 2.05) is 0 Å². The molecule has 0 aliphatic carbocycles. The van der Waals surface area contributed by atoms with E-state index < -0.39 is 24.1 Å². The van der Waals surface area contributed by atoms with Crippen molar-refractivity contribution < 1.29 is 29.7 Å². The van der Waals surface area contributed by atoms with Gasteiger partial charge in [-0.25, -0.2) is 0 Å². The van der Waals surface area contributed by atoms with E-state index in [9.17, 15) is 19.6 Å². The van der Waals surface area contributed by atoms with Crippen molar-refractivity contribution in [1.82, 2.24) is 14.6 Å². The fourth-order valence-corrected chi connectivity index (χ4v) is 6.93. The zero-order chi connectivity index (χ0) is 11.1. The Kier molecular flexibility index (Phi) is 3.61. The molecule has 0 aromatic carbocycles. The van der Waals surface area contributed by atoms with Crippen molar-refractivity contribution in [3.05, 3.63) is 0 Å². The van der Waals surface area contributed by atoms with Crippen LogP contribution in [0.5, 0.6) is 0 Å². The molecule has 0 aromatic heterocycles. The van der Waals surface area contributed by atoms with E-state index in [0.717, 1.165) is 0 Å². The van der Waals surface area contributed by atoms with Gasteiger partial charge in [0.2, 0.25) is 0 Å². The quantitative estimate of drug-likeness (QED) is 0.287. The van der Waals surface area contributed by atoms with Gasteiger partial charge in [0.25, 0.3) is 0 Å². The molecule has 10 nitrogen and oxygen atoms in total. The van der Waals surface area contributed by atoms with Crippen molar-refractivity contribution in [1.29, 1.82) is 0 Å². The molecule has 1 atom stereocenters. The molecule has 0 saturated heterocycles.